The number of nitrogens with two attached hydrogens (primary N) is 1. The summed E-state index contributed by atoms with van der Waals surface area (Å²) in [5.41, 5.74) is 6.07. The summed E-state index contributed by atoms with van der Waals surface area (Å²) < 4.78 is 0. The first-order valence-corrected chi connectivity index (χ1v) is 6.05. The second kappa shape index (κ2) is 5.04. The summed E-state index contributed by atoms with van der Waals surface area (Å²) in [6.07, 6.45) is 1.32. The van der Waals surface area contributed by atoms with E-state index in [4.69, 9.17) is 17.3 Å². The van der Waals surface area contributed by atoms with Crippen molar-refractivity contribution < 1.29 is 4.79 Å². The van der Waals surface area contributed by atoms with E-state index < -0.39 is 5.54 Å². The Labute approximate surface area is 106 Å². The van der Waals surface area contributed by atoms with Crippen LogP contribution >= 0.6 is 11.6 Å². The van der Waals surface area contributed by atoms with E-state index in [9.17, 15) is 4.79 Å². The van der Waals surface area contributed by atoms with Crippen LogP contribution in [0.2, 0.25) is 5.02 Å². The highest BCUT2D eigenvalue weighted by atomic mass is 35.5. The van der Waals surface area contributed by atoms with Crippen molar-refractivity contribution in [3.05, 3.63) is 29.3 Å². The van der Waals surface area contributed by atoms with E-state index in [-0.39, 0.29) is 5.91 Å². The zero-order valence-corrected chi connectivity index (χ0v) is 10.3. The van der Waals surface area contributed by atoms with Gasteiger partial charge in [0.25, 0.3) is 0 Å². The smallest absolute Gasteiger partial charge is 0.244 e. The van der Waals surface area contributed by atoms with Crippen LogP contribution in [0.3, 0.4) is 0 Å². The highest BCUT2D eigenvalue weighted by Crippen LogP contribution is 2.19. The molecule has 0 radical (unpaired) electrons. The molecule has 0 spiro atoms. The maximum Gasteiger partial charge on any atom is 0.244 e. The summed E-state index contributed by atoms with van der Waals surface area (Å²) in [6, 6.07) is 7.01. The van der Waals surface area contributed by atoms with E-state index in [1.165, 1.54) is 0 Å². The van der Waals surface area contributed by atoms with Gasteiger partial charge in [0.1, 0.15) is 0 Å². The fraction of sp³-hybridized carbons (Fsp3) is 0.417. The maximum atomic E-state index is 12.1. The number of anilines is 1. The fourth-order valence-corrected chi connectivity index (χ4v) is 2.01. The van der Waals surface area contributed by atoms with Crippen LogP contribution in [0.5, 0.6) is 0 Å². The molecule has 4 nitrogen and oxygen atoms in total. The Morgan fingerprint density at radius 3 is 2.47 bits per heavy atom. The SMILES string of the molecule is NC1(C(=O)Nc2ccc(Cl)cc2)CCNCC1. The number of nitrogens with one attached hydrogen (secondary N) is 2. The number of hydrogen-bond acceptors (Lipinski definition) is 3. The Kier molecular flexibility index (Phi) is 3.66. The van der Waals surface area contributed by atoms with Crippen molar-refractivity contribution in [1.82, 2.24) is 5.32 Å². The first-order valence-electron chi connectivity index (χ1n) is 5.67. The van der Waals surface area contributed by atoms with E-state index in [2.05, 4.69) is 10.6 Å². The van der Waals surface area contributed by atoms with Gasteiger partial charge in [-0.25, -0.2) is 0 Å². The second-order valence-electron chi connectivity index (χ2n) is 4.37. The molecule has 17 heavy (non-hydrogen) atoms. The Morgan fingerprint density at radius 2 is 1.88 bits per heavy atom. The largest absolute Gasteiger partial charge is 0.324 e. The molecule has 1 aliphatic heterocycles. The van der Waals surface area contributed by atoms with Gasteiger partial charge < -0.3 is 16.4 Å². The van der Waals surface area contributed by atoms with Crippen LogP contribution in [0, 0.1) is 0 Å². The Balaban J connectivity index is 2.03. The normalized spacial score (nSPS) is 18.7. The third-order valence-electron chi connectivity index (χ3n) is 3.05. The molecule has 4 N–H and O–H groups in total. The molecule has 1 amide bonds. The summed E-state index contributed by atoms with van der Waals surface area (Å²) in [5.74, 6) is -0.124. The molecule has 92 valence electrons. The van der Waals surface area contributed by atoms with E-state index >= 15 is 0 Å². The molecule has 1 fully saturated rings. The Hall–Kier alpha value is -1.10. The van der Waals surface area contributed by atoms with Crippen LogP contribution in [-0.2, 0) is 4.79 Å². The zero-order chi connectivity index (χ0) is 12.3. The zero-order valence-electron chi connectivity index (χ0n) is 9.50. The molecule has 0 saturated carbocycles. The molecular formula is C12H16ClN3O. The van der Waals surface area contributed by atoms with E-state index in [1.807, 2.05) is 0 Å². The quantitative estimate of drug-likeness (QED) is 0.746. The standard InChI is InChI=1S/C12H16ClN3O/c13-9-1-3-10(4-2-9)16-11(17)12(14)5-7-15-8-6-12/h1-4,15H,5-8,14H2,(H,16,17). The van der Waals surface area contributed by atoms with Crippen molar-refractivity contribution in [3.8, 4) is 0 Å². The maximum absolute atomic E-state index is 12.1. The molecule has 0 aliphatic carbocycles. The summed E-state index contributed by atoms with van der Waals surface area (Å²) in [6.45, 7) is 1.56. The number of hydrogen-bond donors (Lipinski definition) is 3. The van der Waals surface area contributed by atoms with Gasteiger partial charge in [-0.1, -0.05) is 11.6 Å². The molecule has 1 heterocycles. The number of rotatable bonds is 2. The number of benzene rings is 1. The van der Waals surface area contributed by atoms with Crippen LogP contribution in [0.1, 0.15) is 12.8 Å². The third kappa shape index (κ3) is 2.97. The lowest BCUT2D eigenvalue weighted by Gasteiger charge is -2.32. The molecule has 0 aromatic heterocycles. The van der Waals surface area contributed by atoms with Gasteiger partial charge in [-0.2, -0.15) is 0 Å². The molecule has 0 unspecified atom stereocenters. The van der Waals surface area contributed by atoms with Gasteiger partial charge in [-0.15, -0.1) is 0 Å². The summed E-state index contributed by atoms with van der Waals surface area (Å²) in [7, 11) is 0. The average molecular weight is 254 g/mol. The highest BCUT2D eigenvalue weighted by molar-refractivity contribution is 6.30. The number of carbonyl (C=O) groups excluding carboxylic acids is 1. The van der Waals surface area contributed by atoms with Crippen LogP contribution in [-0.4, -0.2) is 24.5 Å². The van der Waals surface area contributed by atoms with Gasteiger partial charge in [0, 0.05) is 10.7 Å². The van der Waals surface area contributed by atoms with Crippen molar-refractivity contribution in [2.45, 2.75) is 18.4 Å². The second-order valence-corrected chi connectivity index (χ2v) is 4.80. The lowest BCUT2D eigenvalue weighted by Crippen LogP contribution is -2.56. The fourth-order valence-electron chi connectivity index (χ4n) is 1.89. The lowest BCUT2D eigenvalue weighted by molar-refractivity contribution is -0.122. The number of carbonyl (C=O) groups is 1. The van der Waals surface area contributed by atoms with Gasteiger partial charge in [0.15, 0.2) is 0 Å². The highest BCUT2D eigenvalue weighted by Gasteiger charge is 2.35. The van der Waals surface area contributed by atoms with Gasteiger partial charge in [0.2, 0.25) is 5.91 Å². The molecule has 0 atom stereocenters. The molecular weight excluding hydrogens is 238 g/mol. The van der Waals surface area contributed by atoms with Crippen molar-refractivity contribution in [3.63, 3.8) is 0 Å². The predicted molar refractivity (Wildman–Crippen MR) is 69.1 cm³/mol. The molecule has 5 heteroatoms. The van der Waals surface area contributed by atoms with Crippen molar-refractivity contribution >= 4 is 23.2 Å². The topological polar surface area (TPSA) is 67.2 Å². The molecule has 2 rings (SSSR count). The van der Waals surface area contributed by atoms with E-state index in [0.29, 0.717) is 17.9 Å². The van der Waals surface area contributed by atoms with Gasteiger partial charge in [0.05, 0.1) is 5.54 Å². The molecule has 1 saturated heterocycles. The van der Waals surface area contributed by atoms with E-state index in [0.717, 1.165) is 18.8 Å². The minimum Gasteiger partial charge on any atom is -0.324 e. The number of halogens is 1. The minimum atomic E-state index is -0.759. The number of piperidine rings is 1. The minimum absolute atomic E-state index is 0.124. The third-order valence-corrected chi connectivity index (χ3v) is 3.30. The summed E-state index contributed by atoms with van der Waals surface area (Å²) in [5, 5.41) is 6.66. The first kappa shape index (κ1) is 12.4. The average Bonchev–Trinajstić information content (AvgIpc) is 2.33. The van der Waals surface area contributed by atoms with E-state index in [1.54, 1.807) is 24.3 Å². The van der Waals surface area contributed by atoms with Crippen molar-refractivity contribution in [2.24, 2.45) is 5.73 Å². The van der Waals surface area contributed by atoms with Crippen molar-refractivity contribution in [2.75, 3.05) is 18.4 Å². The van der Waals surface area contributed by atoms with Crippen LogP contribution < -0.4 is 16.4 Å². The first-order chi connectivity index (χ1) is 8.10. The summed E-state index contributed by atoms with van der Waals surface area (Å²) >= 11 is 5.78. The van der Waals surface area contributed by atoms with Crippen LogP contribution in [0.15, 0.2) is 24.3 Å². The molecule has 0 bridgehead atoms. The van der Waals surface area contributed by atoms with Gasteiger partial charge in [-0.05, 0) is 50.2 Å². The Bertz CT molecular complexity index is 399. The molecule has 1 aromatic rings. The van der Waals surface area contributed by atoms with Gasteiger partial charge in [-0.3, -0.25) is 4.79 Å². The molecule has 1 aliphatic rings. The van der Waals surface area contributed by atoms with Crippen LogP contribution in [0.25, 0.3) is 0 Å². The van der Waals surface area contributed by atoms with Gasteiger partial charge >= 0.3 is 0 Å². The lowest BCUT2D eigenvalue weighted by atomic mass is 9.88. The Morgan fingerprint density at radius 1 is 1.29 bits per heavy atom. The monoisotopic (exact) mass is 253 g/mol. The number of amides is 1. The molecule has 1 aromatic carbocycles. The van der Waals surface area contributed by atoms with Crippen LogP contribution in [0.4, 0.5) is 5.69 Å². The van der Waals surface area contributed by atoms with Crippen molar-refractivity contribution in [1.29, 1.82) is 0 Å². The predicted octanol–water partition coefficient (Wildman–Crippen LogP) is 1.36. The summed E-state index contributed by atoms with van der Waals surface area (Å²) in [4.78, 5) is 12.1.